The van der Waals surface area contributed by atoms with Crippen LogP contribution in [0.5, 0.6) is 17.2 Å². The Balaban J connectivity index is 1.87. The number of hydrogen-bond donors (Lipinski definition) is 0. The number of likely N-dealkylation sites (N-methyl/N-ethyl adjacent to an activating group) is 1. The number of rotatable bonds is 4. The van der Waals surface area contributed by atoms with Crippen LogP contribution in [0.15, 0.2) is 0 Å². The highest BCUT2D eigenvalue weighted by atomic mass is 16.5. The molecule has 0 saturated carbocycles. The molecule has 2 bridgehead atoms. The van der Waals surface area contributed by atoms with E-state index in [1.54, 1.807) is 14.2 Å². The topological polar surface area (TPSA) is 34.2 Å². The SMILES string of the molecule is CC[C@H]1c2c(C)c(C)c(C)c(OC)c2C(C)C2C3c4c(OC)c(OC)c(C)c(C)c4C(C)C(C(C)N21)N3C. The predicted molar refractivity (Wildman–Crippen MR) is 155 cm³/mol. The molecule has 38 heavy (non-hydrogen) atoms. The first-order valence-electron chi connectivity index (χ1n) is 14.4. The molecule has 3 aliphatic heterocycles. The second-order valence-corrected chi connectivity index (χ2v) is 12.2. The Morgan fingerprint density at radius 3 is 1.68 bits per heavy atom. The van der Waals surface area contributed by atoms with Crippen LogP contribution < -0.4 is 14.2 Å². The zero-order valence-electron chi connectivity index (χ0n) is 25.9. The van der Waals surface area contributed by atoms with Crippen LogP contribution in [0.1, 0.15) is 108 Å². The lowest BCUT2D eigenvalue weighted by atomic mass is 9.64. The molecule has 5 nitrogen and oxygen atoms in total. The van der Waals surface area contributed by atoms with E-state index in [4.69, 9.17) is 14.2 Å². The van der Waals surface area contributed by atoms with Gasteiger partial charge in [-0.15, -0.1) is 0 Å². The van der Waals surface area contributed by atoms with Crippen LogP contribution in [0.25, 0.3) is 0 Å². The van der Waals surface area contributed by atoms with Gasteiger partial charge in [-0.2, -0.15) is 0 Å². The summed E-state index contributed by atoms with van der Waals surface area (Å²) in [5.41, 5.74) is 12.3. The first-order valence-corrected chi connectivity index (χ1v) is 14.4. The number of fused-ring (bicyclic) bond motifs is 7. The van der Waals surface area contributed by atoms with Gasteiger partial charge in [-0.3, -0.25) is 9.80 Å². The zero-order chi connectivity index (χ0) is 28.0. The fourth-order valence-electron chi connectivity index (χ4n) is 9.09. The first-order chi connectivity index (χ1) is 18.0. The molecule has 3 aliphatic rings. The Morgan fingerprint density at radius 1 is 0.605 bits per heavy atom. The summed E-state index contributed by atoms with van der Waals surface area (Å²) < 4.78 is 18.4. The lowest BCUT2D eigenvalue weighted by molar-refractivity contribution is -0.101. The first kappa shape index (κ1) is 27.3. The second-order valence-electron chi connectivity index (χ2n) is 12.2. The molecule has 5 heteroatoms. The van der Waals surface area contributed by atoms with E-state index in [-0.39, 0.29) is 18.0 Å². The third-order valence-corrected chi connectivity index (χ3v) is 10.9. The summed E-state index contributed by atoms with van der Waals surface area (Å²) in [4.78, 5) is 5.56. The van der Waals surface area contributed by atoms with Crippen LogP contribution >= 0.6 is 0 Å². The minimum atomic E-state index is 0.189. The molecule has 2 aromatic carbocycles. The van der Waals surface area contributed by atoms with E-state index in [9.17, 15) is 0 Å². The molecule has 3 heterocycles. The van der Waals surface area contributed by atoms with Crippen LogP contribution in [-0.4, -0.2) is 56.3 Å². The Morgan fingerprint density at radius 2 is 1.13 bits per heavy atom. The summed E-state index contributed by atoms with van der Waals surface area (Å²) in [6, 6.07) is 1.64. The highest BCUT2D eigenvalue weighted by molar-refractivity contribution is 5.65. The molecule has 0 aliphatic carbocycles. The van der Waals surface area contributed by atoms with Gasteiger partial charge >= 0.3 is 0 Å². The summed E-state index contributed by atoms with van der Waals surface area (Å²) in [6.07, 6.45) is 1.07. The van der Waals surface area contributed by atoms with Crippen molar-refractivity contribution in [2.24, 2.45) is 0 Å². The van der Waals surface area contributed by atoms with Gasteiger partial charge in [-0.05, 0) is 99.9 Å². The van der Waals surface area contributed by atoms with E-state index >= 15 is 0 Å². The van der Waals surface area contributed by atoms with Gasteiger partial charge in [0.25, 0.3) is 0 Å². The number of benzene rings is 2. The van der Waals surface area contributed by atoms with Crippen molar-refractivity contribution in [1.82, 2.24) is 9.80 Å². The van der Waals surface area contributed by atoms with Gasteiger partial charge in [0, 0.05) is 41.2 Å². The van der Waals surface area contributed by atoms with Gasteiger partial charge in [0.15, 0.2) is 11.5 Å². The van der Waals surface area contributed by atoms with E-state index in [1.807, 2.05) is 7.11 Å². The van der Waals surface area contributed by atoms with Gasteiger partial charge in [-0.25, -0.2) is 0 Å². The summed E-state index contributed by atoms with van der Waals surface area (Å²) in [5, 5.41) is 0. The maximum absolute atomic E-state index is 6.23. The van der Waals surface area contributed by atoms with E-state index in [0.717, 1.165) is 23.7 Å². The molecular formula is C33H48N2O3. The molecule has 0 spiro atoms. The summed E-state index contributed by atoms with van der Waals surface area (Å²) in [6.45, 7) is 21.0. The Kier molecular flexibility index (Phi) is 6.79. The third kappa shape index (κ3) is 3.24. The average Bonchev–Trinajstić information content (AvgIpc) is 2.89. The third-order valence-electron chi connectivity index (χ3n) is 10.9. The number of ether oxygens (including phenoxy) is 3. The average molecular weight is 521 g/mol. The maximum Gasteiger partial charge on any atom is 0.166 e. The number of methoxy groups -OCH3 is 3. The van der Waals surface area contributed by atoms with Crippen molar-refractivity contribution in [3.8, 4) is 17.2 Å². The van der Waals surface area contributed by atoms with Crippen molar-refractivity contribution in [2.75, 3.05) is 28.4 Å². The van der Waals surface area contributed by atoms with Crippen LogP contribution in [0, 0.1) is 34.6 Å². The minimum absolute atomic E-state index is 0.189. The standard InChI is InChI=1S/C33H48N2O3/c1-14-23-25-16(3)15(2)18(5)31(36-11)26(25)21(8)29-30-27-24(17(4)19(6)32(37-12)33(27)38-13)20(7)28(34(30)10)22(9)35(23)29/h20-23,28-30H,14H2,1-13H3/t20?,21?,22?,23-,28?,29?,30?/m0/s1. The van der Waals surface area contributed by atoms with Crippen LogP contribution in [-0.2, 0) is 0 Å². The molecule has 1 saturated heterocycles. The van der Waals surface area contributed by atoms with Crippen molar-refractivity contribution < 1.29 is 14.2 Å². The van der Waals surface area contributed by atoms with Crippen molar-refractivity contribution in [2.45, 2.75) is 111 Å². The molecule has 208 valence electrons. The van der Waals surface area contributed by atoms with E-state index < -0.39 is 0 Å². The number of hydrogen-bond acceptors (Lipinski definition) is 5. The van der Waals surface area contributed by atoms with Gasteiger partial charge < -0.3 is 14.2 Å². The molecule has 1 fully saturated rings. The highest BCUT2D eigenvalue weighted by Crippen LogP contribution is 2.61. The Labute approximate surface area is 230 Å². The molecule has 2 aromatic rings. The van der Waals surface area contributed by atoms with Crippen molar-refractivity contribution >= 4 is 0 Å². The van der Waals surface area contributed by atoms with Crippen LogP contribution in [0.4, 0.5) is 0 Å². The molecule has 5 rings (SSSR count). The molecule has 0 amide bonds. The number of nitrogens with zero attached hydrogens (tertiary/aromatic N) is 2. The summed E-state index contributed by atoms with van der Waals surface area (Å²) >= 11 is 0. The minimum Gasteiger partial charge on any atom is -0.496 e. The second kappa shape index (κ2) is 9.45. The predicted octanol–water partition coefficient (Wildman–Crippen LogP) is 7.05. The fourth-order valence-corrected chi connectivity index (χ4v) is 9.09. The van der Waals surface area contributed by atoms with E-state index in [0.29, 0.717) is 24.0 Å². The monoisotopic (exact) mass is 520 g/mol. The molecule has 0 radical (unpaired) electrons. The van der Waals surface area contributed by atoms with Crippen molar-refractivity contribution in [3.63, 3.8) is 0 Å². The van der Waals surface area contributed by atoms with Crippen LogP contribution in [0.3, 0.4) is 0 Å². The summed E-state index contributed by atoms with van der Waals surface area (Å²) in [7, 11) is 7.77. The zero-order valence-corrected chi connectivity index (χ0v) is 25.9. The maximum atomic E-state index is 6.23. The van der Waals surface area contributed by atoms with Gasteiger partial charge in [0.2, 0.25) is 0 Å². The van der Waals surface area contributed by atoms with Crippen molar-refractivity contribution in [3.05, 3.63) is 50.1 Å². The lowest BCUT2D eigenvalue weighted by Crippen LogP contribution is -2.69. The van der Waals surface area contributed by atoms with E-state index in [2.05, 4.69) is 79.2 Å². The Hall–Kier alpha value is -2.24. The molecule has 0 aromatic heterocycles. The summed E-state index contributed by atoms with van der Waals surface area (Å²) in [5.74, 6) is 3.54. The normalized spacial score (nSPS) is 30.4. The smallest absolute Gasteiger partial charge is 0.166 e. The van der Waals surface area contributed by atoms with Crippen LogP contribution in [0.2, 0.25) is 0 Å². The molecule has 0 N–H and O–H groups in total. The molecule has 6 unspecified atom stereocenters. The largest absolute Gasteiger partial charge is 0.496 e. The molecule has 7 atom stereocenters. The Bertz CT molecular complexity index is 1280. The van der Waals surface area contributed by atoms with Crippen molar-refractivity contribution in [1.29, 1.82) is 0 Å². The van der Waals surface area contributed by atoms with Gasteiger partial charge in [0.05, 0.1) is 27.4 Å². The fraction of sp³-hybridized carbons (Fsp3) is 0.636. The number of piperazine rings is 1. The van der Waals surface area contributed by atoms with Gasteiger partial charge in [-0.1, -0.05) is 20.8 Å². The molecular weight excluding hydrogens is 472 g/mol. The van der Waals surface area contributed by atoms with Gasteiger partial charge in [0.1, 0.15) is 5.75 Å². The van der Waals surface area contributed by atoms with E-state index in [1.165, 1.54) is 50.1 Å². The highest BCUT2D eigenvalue weighted by Gasteiger charge is 2.58. The lowest BCUT2D eigenvalue weighted by Gasteiger charge is -2.64. The quantitative estimate of drug-likeness (QED) is 0.431.